The van der Waals surface area contributed by atoms with Crippen molar-refractivity contribution in [3.63, 3.8) is 0 Å². The van der Waals surface area contributed by atoms with Gasteiger partial charge in [0.05, 0.1) is 23.2 Å². The molecule has 0 aliphatic heterocycles. The Morgan fingerprint density at radius 3 is 2.10 bits per heavy atom. The van der Waals surface area contributed by atoms with Crippen molar-refractivity contribution in [3.8, 4) is 0 Å². The van der Waals surface area contributed by atoms with Crippen LogP contribution in [0.15, 0.2) is 108 Å². The summed E-state index contributed by atoms with van der Waals surface area (Å²) in [4.78, 5) is 13.4. The van der Waals surface area contributed by atoms with Crippen LogP contribution in [0.4, 0.5) is 5.69 Å². The fourth-order valence-corrected chi connectivity index (χ4v) is 6.17. The number of rotatable bonds is 10. The first-order valence-electron chi connectivity index (χ1n) is 12.9. The van der Waals surface area contributed by atoms with Crippen molar-refractivity contribution in [1.29, 1.82) is 0 Å². The zero-order valence-corrected chi connectivity index (χ0v) is 23.9. The minimum absolute atomic E-state index is 0.0836. The number of halogens is 1. The molecule has 0 saturated heterocycles. The Kier molecular flexibility index (Phi) is 9.10. The fraction of sp³-hybridized carbons (Fsp3) is 0.219. The van der Waals surface area contributed by atoms with Gasteiger partial charge in [0.25, 0.3) is 15.9 Å². The molecule has 0 fully saturated rings. The summed E-state index contributed by atoms with van der Waals surface area (Å²) in [5.41, 5.74) is 3.61. The van der Waals surface area contributed by atoms with Gasteiger partial charge in [-0.1, -0.05) is 92.2 Å². The van der Waals surface area contributed by atoms with Gasteiger partial charge in [-0.05, 0) is 72.4 Å². The van der Waals surface area contributed by atoms with Crippen molar-refractivity contribution < 1.29 is 13.2 Å². The van der Waals surface area contributed by atoms with Crippen molar-refractivity contribution in [1.82, 2.24) is 5.32 Å². The Hall–Kier alpha value is -3.61. The summed E-state index contributed by atoms with van der Waals surface area (Å²) >= 11 is 6.27. The summed E-state index contributed by atoms with van der Waals surface area (Å²) < 4.78 is 28.8. The molecule has 0 bridgehead atoms. The SMILES string of the molecule is Cc1ccc(Cl)cc1N(Cc1ccc(C(=O)N[C@H](CC(C)C)c2ccccc2)cc1)S(=O)(=O)c1ccccc1. The van der Waals surface area contributed by atoms with Crippen molar-refractivity contribution in [3.05, 3.63) is 130 Å². The van der Waals surface area contributed by atoms with Crippen molar-refractivity contribution >= 4 is 33.2 Å². The molecule has 0 aliphatic carbocycles. The van der Waals surface area contributed by atoms with Crippen LogP contribution in [0.3, 0.4) is 0 Å². The highest BCUT2D eigenvalue weighted by atomic mass is 35.5. The first-order valence-corrected chi connectivity index (χ1v) is 14.8. The first-order chi connectivity index (χ1) is 18.6. The van der Waals surface area contributed by atoms with Crippen molar-refractivity contribution in [2.24, 2.45) is 5.92 Å². The lowest BCUT2D eigenvalue weighted by molar-refractivity contribution is 0.0932. The number of hydrogen-bond acceptors (Lipinski definition) is 3. The monoisotopic (exact) mass is 560 g/mol. The van der Waals surface area contributed by atoms with Gasteiger partial charge in [0.15, 0.2) is 0 Å². The molecule has 4 rings (SSSR count). The molecule has 4 aromatic rings. The molecule has 1 amide bonds. The van der Waals surface area contributed by atoms with E-state index in [4.69, 9.17) is 11.6 Å². The first kappa shape index (κ1) is 28.4. The number of benzene rings is 4. The second-order valence-electron chi connectivity index (χ2n) is 10.0. The van der Waals surface area contributed by atoms with Gasteiger partial charge >= 0.3 is 0 Å². The fourth-order valence-electron chi connectivity index (χ4n) is 4.47. The highest BCUT2D eigenvalue weighted by Gasteiger charge is 2.27. The number of sulfonamides is 1. The van der Waals surface area contributed by atoms with Gasteiger partial charge in [-0.25, -0.2) is 8.42 Å². The van der Waals surface area contributed by atoms with Crippen LogP contribution in [0.1, 0.15) is 53.4 Å². The third-order valence-corrected chi connectivity index (χ3v) is 8.54. The standard InChI is InChI=1S/C32H33ClN2O3S/c1-23(2)20-30(26-10-6-4-7-11-26)34-32(36)27-17-15-25(16-18-27)22-35(31-21-28(33)19-14-24(31)3)39(37,38)29-12-8-5-9-13-29/h4-19,21,23,30H,20,22H2,1-3H3,(H,34,36)/t30-/m1/s1. The quantitative estimate of drug-likeness (QED) is 0.217. The number of nitrogens with one attached hydrogen (secondary N) is 1. The van der Waals surface area contributed by atoms with E-state index in [0.717, 1.165) is 23.1 Å². The van der Waals surface area contributed by atoms with E-state index >= 15 is 0 Å². The summed E-state index contributed by atoms with van der Waals surface area (Å²) in [5, 5.41) is 3.62. The van der Waals surface area contributed by atoms with Crippen LogP contribution in [0.25, 0.3) is 0 Å². The molecule has 5 nitrogen and oxygen atoms in total. The third-order valence-electron chi connectivity index (χ3n) is 6.53. The minimum Gasteiger partial charge on any atom is -0.345 e. The second kappa shape index (κ2) is 12.5. The van der Waals surface area contributed by atoms with Gasteiger partial charge in [0.1, 0.15) is 0 Å². The van der Waals surface area contributed by atoms with E-state index in [-0.39, 0.29) is 23.4 Å². The topological polar surface area (TPSA) is 66.5 Å². The van der Waals surface area contributed by atoms with E-state index in [1.54, 1.807) is 72.8 Å². The minimum atomic E-state index is -3.88. The molecule has 0 unspecified atom stereocenters. The molecular weight excluding hydrogens is 528 g/mol. The van der Waals surface area contributed by atoms with Crippen LogP contribution in [0.2, 0.25) is 5.02 Å². The zero-order chi connectivity index (χ0) is 28.0. The lowest BCUT2D eigenvalue weighted by Gasteiger charge is -2.26. The van der Waals surface area contributed by atoms with Crippen LogP contribution in [0.5, 0.6) is 0 Å². The highest BCUT2D eigenvalue weighted by molar-refractivity contribution is 7.92. The molecule has 1 N–H and O–H groups in total. The van der Waals surface area contributed by atoms with Crippen molar-refractivity contribution in [2.45, 2.75) is 44.7 Å². The number of amides is 1. The van der Waals surface area contributed by atoms with E-state index in [0.29, 0.717) is 22.2 Å². The van der Waals surface area contributed by atoms with E-state index in [1.807, 2.05) is 37.3 Å². The Morgan fingerprint density at radius 1 is 0.872 bits per heavy atom. The number of aryl methyl sites for hydroxylation is 1. The summed E-state index contributed by atoms with van der Waals surface area (Å²) in [5.74, 6) is 0.237. The average Bonchev–Trinajstić information content (AvgIpc) is 2.93. The predicted molar refractivity (Wildman–Crippen MR) is 159 cm³/mol. The third kappa shape index (κ3) is 7.08. The molecule has 0 aromatic heterocycles. The summed E-state index contributed by atoms with van der Waals surface area (Å²) in [6.45, 7) is 6.20. The summed E-state index contributed by atoms with van der Waals surface area (Å²) in [6.07, 6.45) is 0.819. The Bertz CT molecular complexity index is 1510. The largest absolute Gasteiger partial charge is 0.345 e. The number of nitrogens with zero attached hydrogens (tertiary/aromatic N) is 1. The molecule has 4 aromatic carbocycles. The maximum Gasteiger partial charge on any atom is 0.264 e. The van der Waals surface area contributed by atoms with Crippen LogP contribution in [-0.2, 0) is 16.6 Å². The van der Waals surface area contributed by atoms with Gasteiger partial charge in [-0.3, -0.25) is 9.10 Å². The predicted octanol–water partition coefficient (Wildman–Crippen LogP) is 7.56. The van der Waals surface area contributed by atoms with E-state index in [9.17, 15) is 13.2 Å². The Labute approximate surface area is 236 Å². The summed E-state index contributed by atoms with van der Waals surface area (Å²) in [7, 11) is -3.88. The van der Waals surface area contributed by atoms with E-state index in [1.165, 1.54) is 4.31 Å². The lowest BCUT2D eigenvalue weighted by Crippen LogP contribution is -2.31. The molecule has 0 heterocycles. The Balaban J connectivity index is 1.60. The molecule has 7 heteroatoms. The molecule has 39 heavy (non-hydrogen) atoms. The van der Waals surface area contributed by atoms with Gasteiger partial charge in [-0.15, -0.1) is 0 Å². The van der Waals surface area contributed by atoms with E-state index < -0.39 is 10.0 Å². The van der Waals surface area contributed by atoms with E-state index in [2.05, 4.69) is 19.2 Å². The molecule has 0 saturated carbocycles. The zero-order valence-electron chi connectivity index (χ0n) is 22.3. The Morgan fingerprint density at radius 2 is 1.49 bits per heavy atom. The number of carbonyl (C=O) groups excluding carboxylic acids is 1. The molecule has 0 aliphatic rings. The maximum absolute atomic E-state index is 13.7. The smallest absolute Gasteiger partial charge is 0.264 e. The number of anilines is 1. The van der Waals surface area contributed by atoms with Crippen LogP contribution in [-0.4, -0.2) is 14.3 Å². The van der Waals surface area contributed by atoms with Gasteiger partial charge in [0.2, 0.25) is 0 Å². The molecule has 202 valence electrons. The van der Waals surface area contributed by atoms with Crippen LogP contribution >= 0.6 is 11.6 Å². The van der Waals surface area contributed by atoms with Gasteiger partial charge < -0.3 is 5.32 Å². The molecule has 0 spiro atoms. The highest BCUT2D eigenvalue weighted by Crippen LogP contribution is 2.31. The lowest BCUT2D eigenvalue weighted by atomic mass is 9.96. The van der Waals surface area contributed by atoms with Crippen LogP contribution < -0.4 is 9.62 Å². The molecular formula is C32H33ClN2O3S. The van der Waals surface area contributed by atoms with Gasteiger partial charge in [0, 0.05) is 10.6 Å². The van der Waals surface area contributed by atoms with Crippen LogP contribution in [0, 0.1) is 12.8 Å². The average molecular weight is 561 g/mol. The summed E-state index contributed by atoms with van der Waals surface area (Å²) in [6, 6.07) is 30.5. The normalized spacial score (nSPS) is 12.2. The number of carbonyl (C=O) groups is 1. The maximum atomic E-state index is 13.7. The number of hydrogen-bond donors (Lipinski definition) is 1. The van der Waals surface area contributed by atoms with Gasteiger partial charge in [-0.2, -0.15) is 0 Å². The molecule has 0 radical (unpaired) electrons. The van der Waals surface area contributed by atoms with Crippen molar-refractivity contribution in [2.75, 3.05) is 4.31 Å². The molecule has 1 atom stereocenters. The second-order valence-corrected chi connectivity index (χ2v) is 12.3.